The number of nitro groups is 1. The Morgan fingerprint density at radius 3 is 2.55 bits per heavy atom. The highest BCUT2D eigenvalue weighted by molar-refractivity contribution is 7.89. The third-order valence-electron chi connectivity index (χ3n) is 6.33. The van der Waals surface area contributed by atoms with E-state index in [1.165, 1.54) is 62.9 Å². The van der Waals surface area contributed by atoms with Gasteiger partial charge in [0.15, 0.2) is 0 Å². The molecule has 2 aromatic carbocycles. The summed E-state index contributed by atoms with van der Waals surface area (Å²) in [6.45, 7) is 0.682. The molecule has 1 amide bonds. The zero-order chi connectivity index (χ0) is 26.9. The molecule has 2 aromatic heterocycles. The lowest BCUT2D eigenvalue weighted by molar-refractivity contribution is -0.384. The van der Waals surface area contributed by atoms with Crippen LogP contribution in [0.15, 0.2) is 69.9 Å². The molecule has 0 radical (unpaired) electrons. The van der Waals surface area contributed by atoms with Gasteiger partial charge in [0, 0.05) is 41.9 Å². The maximum Gasteiger partial charge on any atom is 0.270 e. The molecule has 0 unspecified atom stereocenters. The summed E-state index contributed by atoms with van der Waals surface area (Å²) in [5.74, 6) is -0.494. The number of piperidine rings is 1. The maximum absolute atomic E-state index is 13.2. The molecule has 1 aliphatic rings. The Bertz CT molecular complexity index is 1690. The summed E-state index contributed by atoms with van der Waals surface area (Å²) in [5.41, 5.74) is 0.858. The molecule has 1 saturated heterocycles. The van der Waals surface area contributed by atoms with Crippen LogP contribution in [0.2, 0.25) is 0 Å². The van der Waals surface area contributed by atoms with E-state index >= 15 is 0 Å². The highest BCUT2D eigenvalue weighted by atomic mass is 32.2. The quantitative estimate of drug-likeness (QED) is 0.270. The minimum Gasteiger partial charge on any atom is -0.325 e. The number of thiophene rings is 1. The van der Waals surface area contributed by atoms with Crippen LogP contribution in [0, 0.1) is 10.1 Å². The number of anilines is 1. The van der Waals surface area contributed by atoms with Crippen molar-refractivity contribution >= 4 is 48.9 Å². The van der Waals surface area contributed by atoms with Crippen molar-refractivity contribution in [2.24, 2.45) is 0 Å². The molecule has 196 valence electrons. The standard InChI is InChI=1S/C25H23N5O6S2/c31-22(27-18-7-9-20(10-8-18)38(35,36)29-11-2-1-3-12-29)14-28-16-26-24-23(25(28)32)21(15-37-24)17-5-4-6-19(13-17)30(33)34/h4-10,13,15-16H,1-3,11-12,14H2,(H,27,31). The molecule has 0 spiro atoms. The zero-order valence-corrected chi connectivity index (χ0v) is 21.7. The Morgan fingerprint density at radius 2 is 1.84 bits per heavy atom. The Kier molecular flexibility index (Phi) is 7.06. The van der Waals surface area contributed by atoms with Gasteiger partial charge in [0.1, 0.15) is 11.4 Å². The molecular weight excluding hydrogens is 530 g/mol. The van der Waals surface area contributed by atoms with Gasteiger partial charge < -0.3 is 5.32 Å². The number of aromatic nitrogens is 2. The molecule has 4 aromatic rings. The van der Waals surface area contributed by atoms with E-state index in [4.69, 9.17) is 0 Å². The summed E-state index contributed by atoms with van der Waals surface area (Å²) in [6, 6.07) is 11.9. The fraction of sp³-hybridized carbons (Fsp3) is 0.240. The number of sulfonamides is 1. The van der Waals surface area contributed by atoms with Crippen LogP contribution in [0.5, 0.6) is 0 Å². The van der Waals surface area contributed by atoms with Gasteiger partial charge in [-0.05, 0) is 42.7 Å². The van der Waals surface area contributed by atoms with Crippen molar-refractivity contribution < 1.29 is 18.1 Å². The van der Waals surface area contributed by atoms with Gasteiger partial charge in [-0.2, -0.15) is 4.31 Å². The van der Waals surface area contributed by atoms with Crippen LogP contribution in [0.3, 0.4) is 0 Å². The van der Waals surface area contributed by atoms with Crippen molar-refractivity contribution in [3.63, 3.8) is 0 Å². The summed E-state index contributed by atoms with van der Waals surface area (Å²) in [5, 5.41) is 15.8. The van der Waals surface area contributed by atoms with Gasteiger partial charge in [-0.25, -0.2) is 13.4 Å². The number of fused-ring (bicyclic) bond motifs is 1. The predicted molar refractivity (Wildman–Crippen MR) is 144 cm³/mol. The first-order valence-electron chi connectivity index (χ1n) is 11.9. The first-order chi connectivity index (χ1) is 18.2. The number of carbonyl (C=O) groups excluding carboxylic acids is 1. The molecule has 0 bridgehead atoms. The molecular formula is C25H23N5O6S2. The van der Waals surface area contributed by atoms with Crippen LogP contribution in [-0.2, 0) is 21.4 Å². The van der Waals surface area contributed by atoms with E-state index < -0.39 is 26.4 Å². The van der Waals surface area contributed by atoms with Crippen molar-refractivity contribution in [1.82, 2.24) is 13.9 Å². The minimum atomic E-state index is -3.58. The Labute approximate surface area is 221 Å². The molecule has 1 fully saturated rings. The Morgan fingerprint density at radius 1 is 1.11 bits per heavy atom. The average molecular weight is 554 g/mol. The van der Waals surface area contributed by atoms with Crippen molar-refractivity contribution in [1.29, 1.82) is 0 Å². The van der Waals surface area contributed by atoms with Gasteiger partial charge in [0.05, 0.1) is 21.5 Å². The molecule has 5 rings (SSSR count). The van der Waals surface area contributed by atoms with Crippen LogP contribution >= 0.6 is 11.3 Å². The second-order valence-corrected chi connectivity index (χ2v) is 11.6. The molecule has 0 aliphatic carbocycles. The number of amides is 1. The largest absolute Gasteiger partial charge is 0.325 e. The highest BCUT2D eigenvalue weighted by Crippen LogP contribution is 2.32. The molecule has 0 atom stereocenters. The monoisotopic (exact) mass is 553 g/mol. The number of benzene rings is 2. The van der Waals surface area contributed by atoms with Gasteiger partial charge >= 0.3 is 0 Å². The second kappa shape index (κ2) is 10.4. The number of carbonyl (C=O) groups is 1. The molecule has 13 heteroatoms. The number of hydrogen-bond donors (Lipinski definition) is 1. The van der Waals surface area contributed by atoms with Gasteiger partial charge in [-0.15, -0.1) is 11.3 Å². The number of rotatable bonds is 7. The van der Waals surface area contributed by atoms with Gasteiger partial charge in [0.25, 0.3) is 11.2 Å². The normalized spacial score (nSPS) is 14.4. The fourth-order valence-corrected chi connectivity index (χ4v) is 6.82. The molecule has 1 N–H and O–H groups in total. The SMILES string of the molecule is O=C(Cn1cnc2scc(-c3cccc([N+](=O)[O-])c3)c2c1=O)Nc1ccc(S(=O)(=O)N2CCCCC2)cc1. The first kappa shape index (κ1) is 25.7. The van der Waals surface area contributed by atoms with Crippen molar-refractivity contribution in [3.05, 3.63) is 80.7 Å². The van der Waals surface area contributed by atoms with Crippen LogP contribution in [0.4, 0.5) is 11.4 Å². The summed E-state index contributed by atoms with van der Waals surface area (Å²) < 4.78 is 28.3. The lowest BCUT2D eigenvalue weighted by atomic mass is 10.1. The van der Waals surface area contributed by atoms with Crippen molar-refractivity contribution in [3.8, 4) is 11.1 Å². The topological polar surface area (TPSA) is 145 Å². The second-order valence-electron chi connectivity index (χ2n) is 8.85. The fourth-order valence-electron chi connectivity index (χ4n) is 4.40. The molecule has 38 heavy (non-hydrogen) atoms. The predicted octanol–water partition coefficient (Wildman–Crippen LogP) is 3.85. The number of nitrogens with zero attached hydrogens (tertiary/aromatic N) is 4. The number of hydrogen-bond acceptors (Lipinski definition) is 8. The number of non-ortho nitro benzene ring substituents is 1. The van der Waals surface area contributed by atoms with E-state index in [1.807, 2.05) is 0 Å². The van der Waals surface area contributed by atoms with Gasteiger partial charge in [-0.3, -0.25) is 24.3 Å². The van der Waals surface area contributed by atoms with E-state index in [0.717, 1.165) is 19.3 Å². The van der Waals surface area contributed by atoms with E-state index in [-0.39, 0.29) is 22.5 Å². The summed E-state index contributed by atoms with van der Waals surface area (Å²) >= 11 is 1.23. The summed E-state index contributed by atoms with van der Waals surface area (Å²) in [4.78, 5) is 41.5. The molecule has 11 nitrogen and oxygen atoms in total. The van der Waals surface area contributed by atoms with E-state index in [0.29, 0.717) is 34.7 Å². The third kappa shape index (κ3) is 5.08. The Hall–Kier alpha value is -3.94. The van der Waals surface area contributed by atoms with Crippen LogP contribution < -0.4 is 10.9 Å². The van der Waals surface area contributed by atoms with Crippen LogP contribution in [0.25, 0.3) is 21.3 Å². The average Bonchev–Trinajstić information content (AvgIpc) is 3.36. The minimum absolute atomic E-state index is 0.0970. The zero-order valence-electron chi connectivity index (χ0n) is 20.1. The van der Waals surface area contributed by atoms with Crippen LogP contribution in [-0.4, -0.2) is 46.2 Å². The molecule has 3 heterocycles. The maximum atomic E-state index is 13.2. The number of nitro benzene ring substituents is 1. The van der Waals surface area contributed by atoms with Crippen LogP contribution in [0.1, 0.15) is 19.3 Å². The molecule has 0 saturated carbocycles. The van der Waals surface area contributed by atoms with Gasteiger partial charge in [-0.1, -0.05) is 18.6 Å². The first-order valence-corrected chi connectivity index (χ1v) is 14.2. The lowest BCUT2D eigenvalue weighted by Gasteiger charge is -2.25. The van der Waals surface area contributed by atoms with E-state index in [9.17, 15) is 28.1 Å². The third-order valence-corrected chi connectivity index (χ3v) is 9.13. The van der Waals surface area contributed by atoms with Crippen molar-refractivity contribution in [2.75, 3.05) is 18.4 Å². The van der Waals surface area contributed by atoms with Crippen molar-refractivity contribution in [2.45, 2.75) is 30.7 Å². The van der Waals surface area contributed by atoms with E-state index in [1.54, 1.807) is 17.5 Å². The molecule has 1 aliphatic heterocycles. The Balaban J connectivity index is 1.34. The smallest absolute Gasteiger partial charge is 0.270 e. The lowest BCUT2D eigenvalue weighted by Crippen LogP contribution is -2.35. The highest BCUT2D eigenvalue weighted by Gasteiger charge is 2.25. The summed E-state index contributed by atoms with van der Waals surface area (Å²) in [6.07, 6.45) is 3.98. The number of nitrogens with one attached hydrogen (secondary N) is 1. The van der Waals surface area contributed by atoms with Gasteiger partial charge in [0.2, 0.25) is 15.9 Å². The summed E-state index contributed by atoms with van der Waals surface area (Å²) in [7, 11) is -3.58. The van der Waals surface area contributed by atoms with E-state index in [2.05, 4.69) is 10.3 Å².